The van der Waals surface area contributed by atoms with Crippen molar-refractivity contribution < 1.29 is 9.21 Å². The molecule has 0 N–H and O–H groups in total. The van der Waals surface area contributed by atoms with Crippen LogP contribution in [-0.2, 0) is 13.0 Å². The Morgan fingerprint density at radius 2 is 2.10 bits per heavy atom. The minimum Gasteiger partial charge on any atom is -0.450 e. The van der Waals surface area contributed by atoms with Crippen molar-refractivity contribution in [3.8, 4) is 0 Å². The van der Waals surface area contributed by atoms with E-state index >= 15 is 0 Å². The third kappa shape index (κ3) is 3.02. The lowest BCUT2D eigenvalue weighted by Gasteiger charge is -2.28. The number of hydrogen-bond acceptors (Lipinski definition) is 5. The number of rotatable bonds is 2. The Morgan fingerprint density at radius 1 is 1.24 bits per heavy atom. The molecule has 0 aliphatic carbocycles. The Labute approximate surface area is 170 Å². The summed E-state index contributed by atoms with van der Waals surface area (Å²) in [6.07, 6.45) is 4.98. The number of aromatic nitrogens is 2. The van der Waals surface area contributed by atoms with Gasteiger partial charge >= 0.3 is 0 Å². The molecule has 29 heavy (non-hydrogen) atoms. The summed E-state index contributed by atoms with van der Waals surface area (Å²) in [5, 5.41) is 1.01. The van der Waals surface area contributed by atoms with Gasteiger partial charge in [0, 0.05) is 42.2 Å². The highest BCUT2D eigenvalue weighted by Gasteiger charge is 2.30. The number of amides is 1. The topological polar surface area (TPSA) is 62.5 Å². The van der Waals surface area contributed by atoms with Crippen molar-refractivity contribution in [2.45, 2.75) is 45.7 Å². The van der Waals surface area contributed by atoms with Gasteiger partial charge in [-0.25, -0.2) is 9.97 Å². The van der Waals surface area contributed by atoms with Gasteiger partial charge in [0.05, 0.1) is 11.7 Å². The van der Waals surface area contributed by atoms with E-state index in [1.165, 1.54) is 6.42 Å². The normalized spacial score (nSPS) is 19.7. The summed E-state index contributed by atoms with van der Waals surface area (Å²) in [6.45, 7) is 6.25. The number of furan rings is 1. The monoisotopic (exact) mass is 390 g/mol. The molecule has 2 aromatic heterocycles. The molecular weight excluding hydrogens is 364 g/mol. The van der Waals surface area contributed by atoms with E-state index in [9.17, 15) is 4.79 Å². The first-order valence-corrected chi connectivity index (χ1v) is 10.4. The second-order valence-electron chi connectivity index (χ2n) is 8.32. The van der Waals surface area contributed by atoms with Crippen LogP contribution in [0.1, 0.15) is 57.6 Å². The maximum absolute atomic E-state index is 13.2. The zero-order valence-corrected chi connectivity index (χ0v) is 17.2. The van der Waals surface area contributed by atoms with Crippen molar-refractivity contribution >= 4 is 16.9 Å². The average molecular weight is 390 g/mol. The van der Waals surface area contributed by atoms with Gasteiger partial charge in [0.2, 0.25) is 0 Å². The molecule has 1 saturated heterocycles. The molecule has 6 heteroatoms. The van der Waals surface area contributed by atoms with Gasteiger partial charge in [-0.05, 0) is 45.8 Å². The molecule has 0 bridgehead atoms. The zero-order chi connectivity index (χ0) is 20.1. The Bertz CT molecular complexity index is 1100. The first-order valence-electron chi connectivity index (χ1n) is 10.4. The summed E-state index contributed by atoms with van der Waals surface area (Å²) in [4.78, 5) is 26.9. The lowest BCUT2D eigenvalue weighted by Crippen LogP contribution is -2.37. The van der Waals surface area contributed by atoms with Crippen molar-refractivity contribution in [1.29, 1.82) is 0 Å². The molecule has 5 rings (SSSR count). The van der Waals surface area contributed by atoms with Gasteiger partial charge in [-0.15, -0.1) is 0 Å². The van der Waals surface area contributed by atoms with E-state index in [0.29, 0.717) is 24.9 Å². The highest BCUT2D eigenvalue weighted by atomic mass is 16.3. The van der Waals surface area contributed by atoms with Crippen molar-refractivity contribution in [3.63, 3.8) is 0 Å². The predicted octanol–water partition coefficient (Wildman–Crippen LogP) is 3.80. The van der Waals surface area contributed by atoms with Crippen LogP contribution in [0.4, 0.5) is 0 Å². The Kier molecular flexibility index (Phi) is 4.39. The molecule has 1 atom stereocenters. The standard InChI is InChI=1S/C23H26N4O2/c1-14-6-4-7-17-15(2)21(29-20(14)17)23(28)27-11-9-18-16(13-27)12-24-22(25-18)19-8-5-10-26(19)3/h4,6-7,12,19H,5,8-11,13H2,1-3H3/t19-/m0/s1. The smallest absolute Gasteiger partial charge is 0.290 e. The van der Waals surface area contributed by atoms with Gasteiger partial charge in [0.25, 0.3) is 5.91 Å². The van der Waals surface area contributed by atoms with E-state index in [1.54, 1.807) is 0 Å². The van der Waals surface area contributed by atoms with E-state index < -0.39 is 0 Å². The average Bonchev–Trinajstić information content (AvgIpc) is 3.31. The quantitative estimate of drug-likeness (QED) is 0.666. The molecular formula is C23H26N4O2. The fourth-order valence-corrected chi connectivity index (χ4v) is 4.63. The van der Waals surface area contributed by atoms with Gasteiger partial charge in [0.15, 0.2) is 5.76 Å². The number of fused-ring (bicyclic) bond motifs is 2. The molecule has 1 amide bonds. The molecule has 1 aromatic carbocycles. The molecule has 1 fully saturated rings. The second-order valence-corrected chi connectivity index (χ2v) is 8.32. The fraction of sp³-hybridized carbons (Fsp3) is 0.435. The van der Waals surface area contributed by atoms with E-state index in [-0.39, 0.29) is 5.91 Å². The lowest BCUT2D eigenvalue weighted by atomic mass is 10.1. The second kappa shape index (κ2) is 6.95. The third-order valence-electron chi connectivity index (χ3n) is 6.41. The number of likely N-dealkylation sites (tertiary alicyclic amines) is 1. The minimum absolute atomic E-state index is 0.0525. The summed E-state index contributed by atoms with van der Waals surface area (Å²) in [5.74, 6) is 1.32. The van der Waals surface area contributed by atoms with Crippen LogP contribution in [0.5, 0.6) is 0 Å². The molecule has 0 radical (unpaired) electrons. The summed E-state index contributed by atoms with van der Waals surface area (Å²) < 4.78 is 6.00. The summed E-state index contributed by atoms with van der Waals surface area (Å²) >= 11 is 0. The number of aryl methyl sites for hydroxylation is 2. The van der Waals surface area contributed by atoms with Crippen LogP contribution in [0.2, 0.25) is 0 Å². The first kappa shape index (κ1) is 18.3. The van der Waals surface area contributed by atoms with Crippen LogP contribution >= 0.6 is 0 Å². The van der Waals surface area contributed by atoms with Crippen molar-refractivity contribution in [1.82, 2.24) is 19.8 Å². The molecule has 4 heterocycles. The molecule has 2 aliphatic rings. The summed E-state index contributed by atoms with van der Waals surface area (Å²) in [7, 11) is 2.14. The molecule has 6 nitrogen and oxygen atoms in total. The number of carbonyl (C=O) groups excluding carboxylic acids is 1. The number of hydrogen-bond donors (Lipinski definition) is 0. The minimum atomic E-state index is -0.0525. The highest BCUT2D eigenvalue weighted by Crippen LogP contribution is 2.31. The van der Waals surface area contributed by atoms with Gasteiger partial charge < -0.3 is 9.32 Å². The highest BCUT2D eigenvalue weighted by molar-refractivity contribution is 5.99. The zero-order valence-electron chi connectivity index (χ0n) is 17.2. The van der Waals surface area contributed by atoms with E-state index in [4.69, 9.17) is 9.40 Å². The van der Waals surface area contributed by atoms with Crippen LogP contribution < -0.4 is 0 Å². The summed E-state index contributed by atoms with van der Waals surface area (Å²) in [6, 6.07) is 6.34. The van der Waals surface area contributed by atoms with E-state index in [2.05, 4.69) is 16.9 Å². The van der Waals surface area contributed by atoms with Gasteiger partial charge in [-0.3, -0.25) is 9.69 Å². The number of para-hydroxylation sites is 1. The van der Waals surface area contributed by atoms with Crippen LogP contribution in [0.25, 0.3) is 11.0 Å². The van der Waals surface area contributed by atoms with Crippen molar-refractivity contribution in [3.05, 3.63) is 58.4 Å². The lowest BCUT2D eigenvalue weighted by molar-refractivity contribution is 0.0702. The van der Waals surface area contributed by atoms with Gasteiger partial charge in [-0.1, -0.05) is 18.2 Å². The van der Waals surface area contributed by atoms with Crippen LogP contribution in [0.15, 0.2) is 28.8 Å². The van der Waals surface area contributed by atoms with Gasteiger partial charge in [0.1, 0.15) is 11.4 Å². The number of nitrogens with zero attached hydrogens (tertiary/aromatic N) is 4. The third-order valence-corrected chi connectivity index (χ3v) is 6.41. The van der Waals surface area contributed by atoms with Crippen molar-refractivity contribution in [2.75, 3.05) is 20.1 Å². The SMILES string of the molecule is Cc1c(C(=O)N2CCc3nc([C@@H]4CCCN4C)ncc3C2)oc2c(C)cccc12. The number of carbonyl (C=O) groups is 1. The van der Waals surface area contributed by atoms with Gasteiger partial charge in [-0.2, -0.15) is 0 Å². The Hall–Kier alpha value is -2.73. The largest absolute Gasteiger partial charge is 0.450 e. The molecule has 0 spiro atoms. The Balaban J connectivity index is 1.40. The molecule has 0 saturated carbocycles. The molecule has 150 valence electrons. The van der Waals surface area contributed by atoms with Crippen LogP contribution in [0.3, 0.4) is 0 Å². The van der Waals surface area contributed by atoms with E-state index in [1.807, 2.05) is 43.1 Å². The molecule has 2 aliphatic heterocycles. The maximum Gasteiger partial charge on any atom is 0.290 e. The van der Waals surface area contributed by atoms with Crippen LogP contribution in [0, 0.1) is 13.8 Å². The van der Waals surface area contributed by atoms with Crippen molar-refractivity contribution in [2.24, 2.45) is 0 Å². The summed E-state index contributed by atoms with van der Waals surface area (Å²) in [5.41, 5.74) is 4.89. The number of benzene rings is 1. The van der Waals surface area contributed by atoms with E-state index in [0.717, 1.165) is 58.6 Å². The Morgan fingerprint density at radius 3 is 2.86 bits per heavy atom. The maximum atomic E-state index is 13.2. The van der Waals surface area contributed by atoms with Crippen LogP contribution in [-0.4, -0.2) is 45.8 Å². The molecule has 3 aromatic rings. The predicted molar refractivity (Wildman–Crippen MR) is 111 cm³/mol. The first-order chi connectivity index (χ1) is 14.0. The fourth-order valence-electron chi connectivity index (χ4n) is 4.63. The molecule has 0 unspecified atom stereocenters.